The molecule has 11 heteroatoms. The van der Waals surface area contributed by atoms with Crippen LogP contribution in [-0.4, -0.2) is 55.1 Å². The molecule has 9 nitrogen and oxygen atoms in total. The maximum Gasteiger partial charge on any atom is 0.327 e. The third kappa shape index (κ3) is 7.03. The molecule has 5 rings (SSSR count). The number of alkyl halides is 1. The van der Waals surface area contributed by atoms with Gasteiger partial charge in [-0.25, -0.2) is 18.6 Å². The van der Waals surface area contributed by atoms with Gasteiger partial charge in [0.25, 0.3) is 0 Å². The van der Waals surface area contributed by atoms with E-state index in [0.29, 0.717) is 25.2 Å². The Morgan fingerprint density at radius 1 is 1.18 bits per heavy atom. The summed E-state index contributed by atoms with van der Waals surface area (Å²) in [6.45, 7) is 1.71. The highest BCUT2D eigenvalue weighted by Gasteiger charge is 2.28. The minimum atomic E-state index is -0.976. The second-order valence-electron chi connectivity index (χ2n) is 9.03. The summed E-state index contributed by atoms with van der Waals surface area (Å²) < 4.78 is 24.1. The van der Waals surface area contributed by atoms with Crippen LogP contribution in [0.1, 0.15) is 62.5 Å². The standard InChI is InChI=1S/C22H25N7O2.C4H6F2.C2H2/c23-16-4-1-3-14(19-20(16)25-10-9-24-19)13-18(30)28-11-6-15(7-12-28)29-17-5-2-8-26-21(17)27-22(29)31;1-2-4(6)3-5;1-2/h2-3,5,8-10,15-16H,1,4,6-7,11-13,23H2,(H,26,27,31);2H,3H2,1H3;1-2H/b;4-2+;/t16-;;/m0../s1. The number of likely N-dealkylation sites (tertiary alicyclic amines) is 1. The van der Waals surface area contributed by atoms with Gasteiger partial charge in [0.05, 0.1) is 23.3 Å². The van der Waals surface area contributed by atoms with Crippen molar-refractivity contribution in [1.82, 2.24) is 29.4 Å². The molecule has 0 saturated carbocycles. The number of carbonyl (C=O) groups excluding carboxylic acids is 1. The smallest absolute Gasteiger partial charge is 0.327 e. The third-order valence-electron chi connectivity index (χ3n) is 6.71. The fraction of sp³-hybridized carbons (Fsp3) is 0.393. The van der Waals surface area contributed by atoms with E-state index in [1.165, 1.54) is 6.92 Å². The van der Waals surface area contributed by atoms with Gasteiger partial charge in [-0.05, 0) is 50.3 Å². The predicted octanol–water partition coefficient (Wildman–Crippen LogP) is 4.02. The third-order valence-corrected chi connectivity index (χ3v) is 6.71. The zero-order valence-electron chi connectivity index (χ0n) is 21.9. The van der Waals surface area contributed by atoms with Crippen LogP contribution in [0.5, 0.6) is 0 Å². The van der Waals surface area contributed by atoms with Crippen molar-refractivity contribution in [2.24, 2.45) is 5.73 Å². The molecule has 0 aromatic carbocycles. The van der Waals surface area contributed by atoms with Crippen molar-refractivity contribution >= 4 is 22.6 Å². The zero-order valence-corrected chi connectivity index (χ0v) is 21.9. The molecular weight excluding hydrogens is 504 g/mol. The summed E-state index contributed by atoms with van der Waals surface area (Å²) >= 11 is 0. The summed E-state index contributed by atoms with van der Waals surface area (Å²) in [4.78, 5) is 43.3. The highest BCUT2D eigenvalue weighted by Crippen LogP contribution is 2.31. The minimum Gasteiger partial charge on any atom is -0.342 e. The average Bonchev–Trinajstić information content (AvgIpc) is 3.24. The monoisotopic (exact) mass is 537 g/mol. The normalized spacial score (nSPS) is 17.6. The molecule has 1 aliphatic heterocycles. The number of aromatic nitrogens is 5. The molecule has 1 fully saturated rings. The van der Waals surface area contributed by atoms with E-state index in [1.807, 2.05) is 17.0 Å². The Morgan fingerprint density at radius 3 is 2.56 bits per heavy atom. The molecule has 4 heterocycles. The van der Waals surface area contributed by atoms with Gasteiger partial charge < -0.3 is 10.6 Å². The molecule has 0 spiro atoms. The number of terminal acetylenes is 1. The van der Waals surface area contributed by atoms with E-state index >= 15 is 0 Å². The van der Waals surface area contributed by atoms with Crippen LogP contribution in [0.3, 0.4) is 0 Å². The SMILES string of the molecule is C#C.C/C=C(/F)CF.N[C@H]1CCC=C(CC(=O)N2CCC(n3c(=O)[nH]c4ncccc43)CC2)c2nccnc21. The lowest BCUT2D eigenvalue weighted by atomic mass is 10.0. The van der Waals surface area contributed by atoms with Crippen LogP contribution >= 0.6 is 0 Å². The average molecular weight is 538 g/mol. The summed E-state index contributed by atoms with van der Waals surface area (Å²) in [6.07, 6.45) is 19.5. The number of fused-ring (bicyclic) bond motifs is 2. The highest BCUT2D eigenvalue weighted by atomic mass is 19.2. The number of halogens is 2. The van der Waals surface area contributed by atoms with Crippen LogP contribution in [-0.2, 0) is 4.79 Å². The minimum absolute atomic E-state index is 0.0520. The number of piperidine rings is 1. The molecule has 3 aromatic rings. The van der Waals surface area contributed by atoms with Gasteiger partial charge in [-0.15, -0.1) is 12.8 Å². The number of rotatable bonds is 4. The van der Waals surface area contributed by atoms with E-state index in [9.17, 15) is 18.4 Å². The molecule has 1 atom stereocenters. The van der Waals surface area contributed by atoms with Crippen LogP contribution < -0.4 is 11.4 Å². The molecule has 0 radical (unpaired) electrons. The lowest BCUT2D eigenvalue weighted by Gasteiger charge is -2.32. The number of amides is 1. The Kier molecular flexibility index (Phi) is 10.6. The Labute approximate surface area is 225 Å². The molecule has 2 aliphatic rings. The Balaban J connectivity index is 0.000000467. The predicted molar refractivity (Wildman–Crippen MR) is 147 cm³/mol. The van der Waals surface area contributed by atoms with Gasteiger partial charge in [0.15, 0.2) is 5.65 Å². The first-order valence-electron chi connectivity index (χ1n) is 12.7. The van der Waals surface area contributed by atoms with E-state index < -0.39 is 12.5 Å². The van der Waals surface area contributed by atoms with Gasteiger partial charge in [0, 0.05) is 43.8 Å². The first kappa shape index (κ1) is 29.4. The summed E-state index contributed by atoms with van der Waals surface area (Å²) in [6, 6.07) is 3.63. The van der Waals surface area contributed by atoms with Crippen LogP contribution in [0.15, 0.2) is 53.5 Å². The molecule has 0 bridgehead atoms. The van der Waals surface area contributed by atoms with Gasteiger partial charge in [-0.2, -0.15) is 0 Å². The van der Waals surface area contributed by atoms with Crippen molar-refractivity contribution in [1.29, 1.82) is 0 Å². The number of allylic oxidation sites excluding steroid dienone is 3. The van der Waals surface area contributed by atoms with Crippen LogP contribution in [0.2, 0.25) is 0 Å². The second kappa shape index (κ2) is 14.1. The first-order valence-corrected chi connectivity index (χ1v) is 12.7. The van der Waals surface area contributed by atoms with Gasteiger partial charge in [-0.1, -0.05) is 12.2 Å². The van der Waals surface area contributed by atoms with E-state index in [1.54, 1.807) is 23.2 Å². The summed E-state index contributed by atoms with van der Waals surface area (Å²) in [7, 11) is 0. The molecule has 206 valence electrons. The lowest BCUT2D eigenvalue weighted by Crippen LogP contribution is -2.40. The number of carbonyl (C=O) groups is 1. The highest BCUT2D eigenvalue weighted by molar-refractivity contribution is 5.88. The van der Waals surface area contributed by atoms with Gasteiger partial charge in [0.1, 0.15) is 12.5 Å². The number of nitrogens with zero attached hydrogens (tertiary/aromatic N) is 5. The van der Waals surface area contributed by atoms with Gasteiger partial charge >= 0.3 is 5.69 Å². The largest absolute Gasteiger partial charge is 0.342 e. The Hall–Kier alpha value is -4.17. The number of imidazole rings is 1. The maximum absolute atomic E-state index is 13.1. The molecule has 0 unspecified atom stereocenters. The number of nitrogens with one attached hydrogen (secondary N) is 1. The van der Waals surface area contributed by atoms with Crippen LogP contribution in [0.25, 0.3) is 16.7 Å². The van der Waals surface area contributed by atoms with Crippen molar-refractivity contribution < 1.29 is 13.6 Å². The van der Waals surface area contributed by atoms with Crippen LogP contribution in [0, 0.1) is 12.8 Å². The quantitative estimate of drug-likeness (QED) is 0.485. The summed E-state index contributed by atoms with van der Waals surface area (Å²) in [5, 5.41) is 0. The molecule has 3 N–H and O–H groups in total. The van der Waals surface area contributed by atoms with E-state index in [2.05, 4.69) is 38.9 Å². The first-order chi connectivity index (χ1) is 18.9. The van der Waals surface area contributed by atoms with Crippen molar-refractivity contribution in [3.8, 4) is 12.8 Å². The lowest BCUT2D eigenvalue weighted by molar-refractivity contribution is -0.131. The number of pyridine rings is 1. The Morgan fingerprint density at radius 2 is 1.90 bits per heavy atom. The Bertz CT molecular complexity index is 1400. The van der Waals surface area contributed by atoms with Crippen molar-refractivity contribution in [3.63, 3.8) is 0 Å². The van der Waals surface area contributed by atoms with Gasteiger partial charge in [-0.3, -0.25) is 24.3 Å². The fourth-order valence-electron chi connectivity index (χ4n) is 4.74. The molecule has 3 aromatic heterocycles. The maximum atomic E-state index is 13.1. The molecule has 1 amide bonds. The van der Waals surface area contributed by atoms with E-state index in [4.69, 9.17) is 5.73 Å². The molecule has 1 aliphatic carbocycles. The van der Waals surface area contributed by atoms with Crippen molar-refractivity contribution in [2.75, 3.05) is 19.8 Å². The van der Waals surface area contributed by atoms with Crippen molar-refractivity contribution in [2.45, 2.75) is 51.1 Å². The second-order valence-corrected chi connectivity index (χ2v) is 9.03. The number of hydrogen-bond donors (Lipinski definition) is 2. The molecule has 39 heavy (non-hydrogen) atoms. The molecule has 1 saturated heterocycles. The van der Waals surface area contributed by atoms with E-state index in [0.717, 1.165) is 54.2 Å². The van der Waals surface area contributed by atoms with Gasteiger partial charge in [0.2, 0.25) is 5.91 Å². The molecular formula is C28H33F2N7O2. The number of nitrogens with two attached hydrogens (primary N) is 1. The van der Waals surface area contributed by atoms with E-state index in [-0.39, 0.29) is 23.7 Å². The van der Waals surface area contributed by atoms with Crippen molar-refractivity contribution in [3.05, 3.63) is 70.6 Å². The number of H-pyrrole nitrogens is 1. The number of aromatic amines is 1. The summed E-state index contributed by atoms with van der Waals surface area (Å²) in [5.41, 5.74) is 9.92. The topological polar surface area (TPSA) is 123 Å². The number of hydrogen-bond acceptors (Lipinski definition) is 6. The summed E-state index contributed by atoms with van der Waals surface area (Å²) in [5.74, 6) is -0.625. The fourth-order valence-corrected chi connectivity index (χ4v) is 4.74. The zero-order chi connectivity index (χ0) is 28.4. The van der Waals surface area contributed by atoms with Crippen LogP contribution in [0.4, 0.5) is 8.78 Å².